The molecule has 3 fully saturated rings. The third kappa shape index (κ3) is 3.75. The van der Waals surface area contributed by atoms with Gasteiger partial charge in [0.15, 0.2) is 0 Å². The molecular formula is C26H38F6O5. The van der Waals surface area contributed by atoms with Crippen molar-refractivity contribution in [2.45, 2.75) is 98.7 Å². The maximum absolute atomic E-state index is 13.7. The number of hydrogen-bond acceptors (Lipinski definition) is 5. The molecule has 0 aromatic carbocycles. The molecule has 5 nitrogen and oxygen atoms in total. The summed E-state index contributed by atoms with van der Waals surface area (Å²) in [6, 6.07) is 0. The fourth-order valence-corrected chi connectivity index (χ4v) is 7.74. The topological polar surface area (TPSA) is 72.8 Å². The normalized spacial score (nSPS) is 33.4. The van der Waals surface area contributed by atoms with Gasteiger partial charge in [0, 0.05) is 6.42 Å². The van der Waals surface area contributed by atoms with Crippen LogP contribution < -0.4 is 0 Å². The van der Waals surface area contributed by atoms with Gasteiger partial charge in [0.05, 0.1) is 12.0 Å². The summed E-state index contributed by atoms with van der Waals surface area (Å²) in [5.41, 5.74) is -7.65. The second-order valence-electron chi connectivity index (χ2n) is 13.1. The number of fused-ring (bicyclic) bond motifs is 4. The van der Waals surface area contributed by atoms with Gasteiger partial charge in [0.1, 0.15) is 6.10 Å². The number of rotatable bonds is 7. The molecule has 214 valence electrons. The summed E-state index contributed by atoms with van der Waals surface area (Å²) in [6.45, 7) is 14.9. The van der Waals surface area contributed by atoms with E-state index in [-0.39, 0.29) is 18.4 Å². The minimum absolute atomic E-state index is 0.136. The zero-order valence-corrected chi connectivity index (χ0v) is 22.6. The van der Waals surface area contributed by atoms with Gasteiger partial charge in [-0.3, -0.25) is 4.79 Å². The predicted octanol–water partition coefficient (Wildman–Crippen LogP) is 6.08. The van der Waals surface area contributed by atoms with E-state index in [1.807, 2.05) is 27.7 Å². The van der Waals surface area contributed by atoms with Gasteiger partial charge in [0.25, 0.3) is 0 Å². The van der Waals surface area contributed by atoms with E-state index >= 15 is 0 Å². The summed E-state index contributed by atoms with van der Waals surface area (Å²) in [4.78, 5) is 25.4. The summed E-state index contributed by atoms with van der Waals surface area (Å²) in [5, 5.41) is 9.17. The number of halogens is 6. The van der Waals surface area contributed by atoms with Crippen molar-refractivity contribution in [1.29, 1.82) is 0 Å². The van der Waals surface area contributed by atoms with Crippen LogP contribution in [0.3, 0.4) is 0 Å². The van der Waals surface area contributed by atoms with Crippen molar-refractivity contribution in [1.82, 2.24) is 0 Å². The maximum Gasteiger partial charge on any atom is 0.437 e. The largest absolute Gasteiger partial charge is 0.465 e. The molecule has 3 aliphatic carbocycles. The molecule has 3 aliphatic rings. The molecule has 37 heavy (non-hydrogen) atoms. The molecule has 0 bridgehead atoms. The summed E-state index contributed by atoms with van der Waals surface area (Å²) in [5.74, 6) is -1.20. The Balaban J connectivity index is 1.70. The number of hydrogen-bond donors (Lipinski definition) is 1. The summed E-state index contributed by atoms with van der Waals surface area (Å²) in [6.07, 6.45) is -12.1. The van der Waals surface area contributed by atoms with Crippen molar-refractivity contribution < 1.29 is 50.5 Å². The van der Waals surface area contributed by atoms with Crippen LogP contribution in [0.1, 0.15) is 74.7 Å². The Labute approximate surface area is 213 Å². The lowest BCUT2D eigenvalue weighted by Crippen LogP contribution is -2.82. The van der Waals surface area contributed by atoms with Crippen LogP contribution in [0.5, 0.6) is 0 Å². The van der Waals surface area contributed by atoms with Gasteiger partial charge in [-0.15, -0.1) is 0 Å². The van der Waals surface area contributed by atoms with Gasteiger partial charge < -0.3 is 14.6 Å². The number of carbonyl (C=O) groups excluding carboxylic acids is 2. The van der Waals surface area contributed by atoms with E-state index < -0.39 is 52.2 Å². The third-order valence-electron chi connectivity index (χ3n) is 10.7. The molecule has 0 radical (unpaired) electrons. The molecular weight excluding hydrogens is 506 g/mol. The van der Waals surface area contributed by atoms with Crippen LogP contribution in [0.4, 0.5) is 26.3 Å². The smallest absolute Gasteiger partial charge is 0.437 e. The van der Waals surface area contributed by atoms with E-state index in [4.69, 9.17) is 4.74 Å². The van der Waals surface area contributed by atoms with Crippen molar-refractivity contribution in [2.24, 2.45) is 45.3 Å². The van der Waals surface area contributed by atoms with Crippen LogP contribution in [0, 0.1) is 45.3 Å². The van der Waals surface area contributed by atoms with Crippen LogP contribution in [-0.2, 0) is 19.1 Å². The molecule has 0 aromatic heterocycles. The monoisotopic (exact) mass is 544 g/mol. The van der Waals surface area contributed by atoms with E-state index in [2.05, 4.69) is 25.5 Å². The van der Waals surface area contributed by atoms with Crippen molar-refractivity contribution in [3.8, 4) is 0 Å². The second kappa shape index (κ2) is 8.49. The Morgan fingerprint density at radius 1 is 0.892 bits per heavy atom. The van der Waals surface area contributed by atoms with E-state index in [9.17, 15) is 41.0 Å². The fourth-order valence-electron chi connectivity index (χ4n) is 7.74. The molecule has 7 unspecified atom stereocenters. The van der Waals surface area contributed by atoms with Crippen molar-refractivity contribution in [3.63, 3.8) is 0 Å². The molecule has 3 rings (SSSR count). The number of carbonyl (C=O) groups is 2. The number of aliphatic hydroxyl groups is 1. The van der Waals surface area contributed by atoms with Crippen molar-refractivity contribution >= 4 is 11.9 Å². The van der Waals surface area contributed by atoms with Gasteiger partial charge in [0.2, 0.25) is 0 Å². The first-order valence-corrected chi connectivity index (χ1v) is 12.7. The highest BCUT2D eigenvalue weighted by atomic mass is 19.4. The molecule has 0 amide bonds. The highest BCUT2D eigenvalue weighted by Gasteiger charge is 2.83. The van der Waals surface area contributed by atoms with Gasteiger partial charge in [-0.2, -0.15) is 26.3 Å². The minimum Gasteiger partial charge on any atom is -0.465 e. The molecule has 11 heteroatoms. The van der Waals surface area contributed by atoms with Crippen LogP contribution in [-0.4, -0.2) is 47.7 Å². The first-order valence-electron chi connectivity index (χ1n) is 12.7. The van der Waals surface area contributed by atoms with E-state index in [0.29, 0.717) is 23.7 Å². The van der Waals surface area contributed by atoms with Crippen molar-refractivity contribution in [3.05, 3.63) is 0 Å². The molecule has 0 heterocycles. The standard InChI is InChI=1S/C26H38F6O5/c1-13(37-19(34)24(35,25(27,28)29)26(30,31)32)11-12-36-18(33)23(8,20(2,3)4)22(7)17-15-10-9-14(15)16(17)21(22,5)6/h13-17,35H,9-12H2,1-8H3. The van der Waals surface area contributed by atoms with Gasteiger partial charge in [-0.1, -0.05) is 41.5 Å². The Morgan fingerprint density at radius 2 is 1.35 bits per heavy atom. The maximum atomic E-state index is 13.7. The highest BCUT2D eigenvalue weighted by Crippen LogP contribution is 2.86. The predicted molar refractivity (Wildman–Crippen MR) is 121 cm³/mol. The number of esters is 2. The summed E-state index contributed by atoms with van der Waals surface area (Å²) in [7, 11) is 0. The van der Waals surface area contributed by atoms with E-state index in [1.165, 1.54) is 6.42 Å². The quantitative estimate of drug-likeness (QED) is 0.311. The van der Waals surface area contributed by atoms with E-state index in [0.717, 1.165) is 13.3 Å². The second-order valence-corrected chi connectivity index (χ2v) is 13.1. The zero-order chi connectivity index (χ0) is 28.8. The first kappa shape index (κ1) is 30.0. The Morgan fingerprint density at radius 3 is 1.76 bits per heavy atom. The minimum atomic E-state index is -6.33. The summed E-state index contributed by atoms with van der Waals surface area (Å²) >= 11 is 0. The lowest BCUT2D eigenvalue weighted by Gasteiger charge is -2.85. The SMILES string of the molecule is CC(CCOC(=O)C(C)(C(C)(C)C)C1(C)C2C3CCC3C2C1(C)C)OC(=O)C(O)(C(F)(F)F)C(F)(F)F. The lowest BCUT2D eigenvalue weighted by molar-refractivity contribution is -0.378. The molecule has 0 spiro atoms. The molecule has 7 atom stereocenters. The van der Waals surface area contributed by atoms with Crippen LogP contribution in [0.25, 0.3) is 0 Å². The van der Waals surface area contributed by atoms with Crippen LogP contribution in [0.15, 0.2) is 0 Å². The molecule has 3 saturated carbocycles. The highest BCUT2D eigenvalue weighted by molar-refractivity contribution is 5.82. The third-order valence-corrected chi connectivity index (χ3v) is 10.7. The molecule has 0 saturated heterocycles. The van der Waals surface area contributed by atoms with Gasteiger partial charge in [-0.25, -0.2) is 4.79 Å². The molecule has 0 aliphatic heterocycles. The molecule has 1 N–H and O–H groups in total. The van der Waals surface area contributed by atoms with E-state index in [1.54, 1.807) is 0 Å². The number of alkyl halides is 6. The van der Waals surface area contributed by atoms with Crippen LogP contribution in [0.2, 0.25) is 0 Å². The average Bonchev–Trinajstić information content (AvgIpc) is 2.70. The van der Waals surface area contributed by atoms with Crippen LogP contribution >= 0.6 is 0 Å². The van der Waals surface area contributed by atoms with Crippen molar-refractivity contribution in [2.75, 3.05) is 6.61 Å². The Hall–Kier alpha value is -1.52. The molecule has 0 aromatic rings. The zero-order valence-electron chi connectivity index (χ0n) is 22.6. The average molecular weight is 545 g/mol. The lowest BCUT2D eigenvalue weighted by atomic mass is 9.19. The fraction of sp³-hybridized carbons (Fsp3) is 0.923. The Kier molecular flexibility index (Phi) is 6.89. The van der Waals surface area contributed by atoms with Gasteiger partial charge in [-0.05, 0) is 66.6 Å². The Bertz CT molecular complexity index is 921. The first-order chi connectivity index (χ1) is 16.4. The summed E-state index contributed by atoms with van der Waals surface area (Å²) < 4.78 is 87.2. The number of ether oxygens (including phenoxy) is 2. The van der Waals surface area contributed by atoms with Gasteiger partial charge >= 0.3 is 29.9 Å².